The Morgan fingerprint density at radius 3 is 2.41 bits per heavy atom. The first-order chi connectivity index (χ1) is 10.6. The molecule has 2 aromatic rings. The number of rotatable bonds is 2. The van der Waals surface area contributed by atoms with E-state index in [1.165, 1.54) is 11.1 Å². The first kappa shape index (κ1) is 14.7. The third-order valence-electron chi connectivity index (χ3n) is 4.47. The fourth-order valence-corrected chi connectivity index (χ4v) is 3.05. The Labute approximate surface area is 131 Å². The number of benzene rings is 1. The number of nitrogens with zero attached hydrogens (tertiary/aromatic N) is 3. The normalized spacial score (nSPS) is 15.8. The van der Waals surface area contributed by atoms with Crippen LogP contribution < -0.4 is 0 Å². The van der Waals surface area contributed by atoms with E-state index < -0.39 is 0 Å². The number of amides is 1. The highest BCUT2D eigenvalue weighted by Gasteiger charge is 2.25. The Balaban J connectivity index is 1.65. The molecule has 1 aromatic heterocycles. The first-order valence-corrected chi connectivity index (χ1v) is 7.79. The predicted octanol–water partition coefficient (Wildman–Crippen LogP) is 3.11. The number of aryl methyl sites for hydroxylation is 2. The quantitative estimate of drug-likeness (QED) is 0.855. The molecule has 0 saturated carbocycles. The second-order valence-corrected chi connectivity index (χ2v) is 6.01. The minimum absolute atomic E-state index is 0.0785. The van der Waals surface area contributed by atoms with Gasteiger partial charge in [-0.15, -0.1) is 0 Å². The van der Waals surface area contributed by atoms with Crippen molar-refractivity contribution >= 4 is 5.91 Å². The highest BCUT2D eigenvalue weighted by atomic mass is 16.2. The van der Waals surface area contributed by atoms with Crippen molar-refractivity contribution in [3.63, 3.8) is 0 Å². The van der Waals surface area contributed by atoms with E-state index in [0.29, 0.717) is 17.2 Å². The number of carbonyl (C=O) groups is 1. The van der Waals surface area contributed by atoms with Crippen LogP contribution in [0.3, 0.4) is 0 Å². The summed E-state index contributed by atoms with van der Waals surface area (Å²) >= 11 is 0. The largest absolute Gasteiger partial charge is 0.339 e. The average molecular weight is 295 g/mol. The van der Waals surface area contributed by atoms with Crippen LogP contribution in [0.15, 0.2) is 36.5 Å². The molecule has 1 aliphatic heterocycles. The van der Waals surface area contributed by atoms with Gasteiger partial charge in [-0.05, 0) is 44.2 Å². The molecule has 0 N–H and O–H groups in total. The number of likely N-dealkylation sites (tertiary alicyclic amines) is 1. The average Bonchev–Trinajstić information content (AvgIpc) is 2.56. The highest BCUT2D eigenvalue weighted by Crippen LogP contribution is 2.28. The summed E-state index contributed by atoms with van der Waals surface area (Å²) in [4.78, 5) is 14.5. The Hall–Kier alpha value is -2.23. The van der Waals surface area contributed by atoms with E-state index in [1.54, 1.807) is 12.3 Å². The van der Waals surface area contributed by atoms with Gasteiger partial charge in [0.05, 0.1) is 17.5 Å². The molecule has 1 aliphatic rings. The molecule has 0 bridgehead atoms. The Morgan fingerprint density at radius 1 is 1.09 bits per heavy atom. The lowest BCUT2D eigenvalue weighted by atomic mass is 9.89. The van der Waals surface area contributed by atoms with Gasteiger partial charge in [0.15, 0.2) is 0 Å². The zero-order chi connectivity index (χ0) is 15.5. The van der Waals surface area contributed by atoms with Crippen molar-refractivity contribution in [2.24, 2.45) is 0 Å². The van der Waals surface area contributed by atoms with Crippen LogP contribution in [0.5, 0.6) is 0 Å². The molecule has 114 valence electrons. The number of aromatic nitrogens is 2. The van der Waals surface area contributed by atoms with Gasteiger partial charge in [-0.25, -0.2) is 0 Å². The van der Waals surface area contributed by atoms with Gasteiger partial charge in [0, 0.05) is 13.1 Å². The smallest absolute Gasteiger partial charge is 0.255 e. The van der Waals surface area contributed by atoms with Gasteiger partial charge in [0.25, 0.3) is 5.91 Å². The summed E-state index contributed by atoms with van der Waals surface area (Å²) in [6.45, 7) is 5.55. The van der Waals surface area contributed by atoms with Crippen molar-refractivity contribution in [2.45, 2.75) is 32.6 Å². The molecule has 0 spiro atoms. The van der Waals surface area contributed by atoms with Crippen LogP contribution in [-0.4, -0.2) is 34.1 Å². The summed E-state index contributed by atoms with van der Waals surface area (Å²) in [6, 6.07) is 10.5. The van der Waals surface area contributed by atoms with E-state index in [0.717, 1.165) is 25.9 Å². The van der Waals surface area contributed by atoms with E-state index in [9.17, 15) is 4.79 Å². The molecule has 22 heavy (non-hydrogen) atoms. The first-order valence-electron chi connectivity index (χ1n) is 7.79. The van der Waals surface area contributed by atoms with Crippen LogP contribution in [0.4, 0.5) is 0 Å². The highest BCUT2D eigenvalue weighted by molar-refractivity contribution is 5.95. The van der Waals surface area contributed by atoms with E-state index in [2.05, 4.69) is 41.4 Å². The molecule has 0 atom stereocenters. The predicted molar refractivity (Wildman–Crippen MR) is 85.8 cm³/mol. The number of hydrogen-bond acceptors (Lipinski definition) is 3. The summed E-state index contributed by atoms with van der Waals surface area (Å²) in [5, 5.41) is 7.78. The molecule has 1 amide bonds. The van der Waals surface area contributed by atoms with Gasteiger partial charge in [-0.1, -0.05) is 29.8 Å². The molecule has 2 heterocycles. The summed E-state index contributed by atoms with van der Waals surface area (Å²) < 4.78 is 0. The zero-order valence-electron chi connectivity index (χ0n) is 13.1. The Kier molecular flexibility index (Phi) is 4.18. The lowest BCUT2D eigenvalue weighted by molar-refractivity contribution is 0.0711. The molecule has 0 unspecified atom stereocenters. The third kappa shape index (κ3) is 3.01. The fraction of sp³-hybridized carbons (Fsp3) is 0.389. The molecule has 1 fully saturated rings. The molecule has 1 saturated heterocycles. The topological polar surface area (TPSA) is 46.1 Å². The maximum Gasteiger partial charge on any atom is 0.255 e. The van der Waals surface area contributed by atoms with Crippen LogP contribution in [0.1, 0.15) is 45.9 Å². The summed E-state index contributed by atoms with van der Waals surface area (Å²) in [5.74, 6) is 0.635. The lowest BCUT2D eigenvalue weighted by Crippen LogP contribution is -2.38. The van der Waals surface area contributed by atoms with Crippen LogP contribution in [0.25, 0.3) is 0 Å². The van der Waals surface area contributed by atoms with Gasteiger partial charge in [0.1, 0.15) is 0 Å². The molecule has 3 rings (SSSR count). The molecular formula is C18H21N3O. The zero-order valence-corrected chi connectivity index (χ0v) is 13.1. The van der Waals surface area contributed by atoms with E-state index >= 15 is 0 Å². The minimum Gasteiger partial charge on any atom is -0.339 e. The second-order valence-electron chi connectivity index (χ2n) is 6.01. The van der Waals surface area contributed by atoms with Gasteiger partial charge in [-0.2, -0.15) is 10.2 Å². The van der Waals surface area contributed by atoms with Crippen LogP contribution in [0.2, 0.25) is 0 Å². The minimum atomic E-state index is 0.0785. The number of piperidine rings is 1. The summed E-state index contributed by atoms with van der Waals surface area (Å²) in [7, 11) is 0. The van der Waals surface area contributed by atoms with Gasteiger partial charge in [-0.3, -0.25) is 4.79 Å². The maximum absolute atomic E-state index is 12.6. The monoisotopic (exact) mass is 295 g/mol. The molecule has 0 aliphatic carbocycles. The van der Waals surface area contributed by atoms with E-state index in [1.807, 2.05) is 11.8 Å². The number of hydrogen-bond donors (Lipinski definition) is 0. The standard InChI is InChI=1S/C18H21N3O/c1-13-3-5-15(6-4-13)16-8-11-21(12-9-16)18(22)17-7-10-19-20-14(17)2/h3-7,10,16H,8-9,11-12H2,1-2H3. The van der Waals surface area contributed by atoms with E-state index in [-0.39, 0.29) is 5.91 Å². The molecule has 0 radical (unpaired) electrons. The van der Waals surface area contributed by atoms with Crippen LogP contribution in [-0.2, 0) is 0 Å². The van der Waals surface area contributed by atoms with Gasteiger partial charge >= 0.3 is 0 Å². The van der Waals surface area contributed by atoms with Crippen molar-refractivity contribution < 1.29 is 4.79 Å². The lowest BCUT2D eigenvalue weighted by Gasteiger charge is -2.32. The second kappa shape index (κ2) is 6.26. The summed E-state index contributed by atoms with van der Waals surface area (Å²) in [6.07, 6.45) is 3.62. The Morgan fingerprint density at radius 2 is 1.77 bits per heavy atom. The van der Waals surface area contributed by atoms with E-state index in [4.69, 9.17) is 0 Å². The van der Waals surface area contributed by atoms with Crippen LogP contribution >= 0.6 is 0 Å². The number of carbonyl (C=O) groups excluding carboxylic acids is 1. The fourth-order valence-electron chi connectivity index (χ4n) is 3.05. The third-order valence-corrected chi connectivity index (χ3v) is 4.47. The molecule has 4 heteroatoms. The van der Waals surface area contributed by atoms with Crippen molar-refractivity contribution in [3.05, 3.63) is 58.9 Å². The Bertz CT molecular complexity index is 658. The summed E-state index contributed by atoms with van der Waals surface area (Å²) in [5.41, 5.74) is 4.05. The van der Waals surface area contributed by atoms with Crippen molar-refractivity contribution in [1.29, 1.82) is 0 Å². The maximum atomic E-state index is 12.6. The van der Waals surface area contributed by atoms with Crippen molar-refractivity contribution in [1.82, 2.24) is 15.1 Å². The van der Waals surface area contributed by atoms with Gasteiger partial charge < -0.3 is 4.90 Å². The molecule has 1 aromatic carbocycles. The van der Waals surface area contributed by atoms with Crippen LogP contribution in [0, 0.1) is 13.8 Å². The SMILES string of the molecule is Cc1ccc(C2CCN(C(=O)c3ccnnc3C)CC2)cc1. The molecule has 4 nitrogen and oxygen atoms in total. The van der Waals surface area contributed by atoms with Crippen molar-refractivity contribution in [2.75, 3.05) is 13.1 Å². The van der Waals surface area contributed by atoms with Crippen molar-refractivity contribution in [3.8, 4) is 0 Å². The van der Waals surface area contributed by atoms with Gasteiger partial charge in [0.2, 0.25) is 0 Å². The molecular weight excluding hydrogens is 274 g/mol.